The normalized spacial score (nSPS) is 18.7. The number of benzene rings is 1. The second kappa shape index (κ2) is 7.14. The van der Waals surface area contributed by atoms with E-state index >= 15 is 0 Å². The summed E-state index contributed by atoms with van der Waals surface area (Å²) in [7, 11) is 1.59. The molecule has 1 heterocycles. The van der Waals surface area contributed by atoms with Crippen molar-refractivity contribution in [3.05, 3.63) is 24.3 Å². The summed E-state index contributed by atoms with van der Waals surface area (Å²) in [5.74, 6) is 1.06. The maximum atomic E-state index is 12.3. The van der Waals surface area contributed by atoms with Crippen LogP contribution in [0.5, 0.6) is 5.75 Å². The lowest BCUT2D eigenvalue weighted by molar-refractivity contribution is 0.159. The zero-order valence-electron chi connectivity index (χ0n) is 11.8. The van der Waals surface area contributed by atoms with Crippen LogP contribution in [0.2, 0.25) is 0 Å². The molecule has 0 spiro atoms. The van der Waals surface area contributed by atoms with Gasteiger partial charge < -0.3 is 20.1 Å². The van der Waals surface area contributed by atoms with E-state index in [1.165, 1.54) is 0 Å². The fourth-order valence-electron chi connectivity index (χ4n) is 2.61. The van der Waals surface area contributed by atoms with Crippen molar-refractivity contribution in [3.63, 3.8) is 0 Å². The second-order valence-electron chi connectivity index (χ2n) is 5.10. The van der Waals surface area contributed by atoms with Gasteiger partial charge in [0.25, 0.3) is 0 Å². The number of urea groups is 1. The standard InChI is InChI=1S/C15H22N2O3/c1-20-14-7-3-2-6-13(14)16-15(19)17-9-4-5-12(11-17)8-10-18/h2-3,6-7,12,18H,4-5,8-11H2,1H3,(H,16,19). The van der Waals surface area contributed by atoms with E-state index in [9.17, 15) is 4.79 Å². The van der Waals surface area contributed by atoms with Gasteiger partial charge in [0, 0.05) is 19.7 Å². The molecule has 0 aromatic heterocycles. The van der Waals surface area contributed by atoms with Crippen LogP contribution in [0.15, 0.2) is 24.3 Å². The summed E-state index contributed by atoms with van der Waals surface area (Å²) in [6, 6.07) is 7.28. The number of nitrogens with zero attached hydrogens (tertiary/aromatic N) is 1. The Kier molecular flexibility index (Phi) is 5.24. The average molecular weight is 278 g/mol. The Balaban J connectivity index is 1.97. The predicted octanol–water partition coefficient (Wildman–Crippen LogP) is 2.32. The van der Waals surface area contributed by atoms with E-state index in [0.717, 1.165) is 25.8 Å². The zero-order valence-corrected chi connectivity index (χ0v) is 11.8. The molecule has 2 N–H and O–H groups in total. The minimum Gasteiger partial charge on any atom is -0.495 e. The molecular weight excluding hydrogens is 256 g/mol. The number of anilines is 1. The van der Waals surface area contributed by atoms with E-state index in [4.69, 9.17) is 9.84 Å². The van der Waals surface area contributed by atoms with E-state index in [0.29, 0.717) is 23.9 Å². The van der Waals surface area contributed by atoms with Gasteiger partial charge >= 0.3 is 6.03 Å². The number of carbonyl (C=O) groups is 1. The first-order valence-corrected chi connectivity index (χ1v) is 7.04. The van der Waals surface area contributed by atoms with Crippen LogP contribution in [0.4, 0.5) is 10.5 Å². The summed E-state index contributed by atoms with van der Waals surface area (Å²) >= 11 is 0. The lowest BCUT2D eigenvalue weighted by Crippen LogP contribution is -2.42. The average Bonchev–Trinajstić information content (AvgIpc) is 2.48. The molecule has 5 nitrogen and oxygen atoms in total. The van der Waals surface area contributed by atoms with Crippen molar-refractivity contribution in [3.8, 4) is 5.75 Å². The highest BCUT2D eigenvalue weighted by atomic mass is 16.5. The van der Waals surface area contributed by atoms with Gasteiger partial charge in [-0.05, 0) is 37.3 Å². The molecule has 1 aromatic rings. The number of methoxy groups -OCH3 is 1. The Labute approximate surface area is 119 Å². The van der Waals surface area contributed by atoms with Crippen LogP contribution in [0.3, 0.4) is 0 Å². The molecule has 0 aliphatic carbocycles. The number of piperidine rings is 1. The first-order chi connectivity index (χ1) is 9.74. The van der Waals surface area contributed by atoms with Crippen molar-refractivity contribution in [2.75, 3.05) is 32.1 Å². The summed E-state index contributed by atoms with van der Waals surface area (Å²) < 4.78 is 5.23. The number of carbonyl (C=O) groups excluding carboxylic acids is 1. The van der Waals surface area contributed by atoms with Crippen LogP contribution in [-0.4, -0.2) is 42.8 Å². The highest BCUT2D eigenvalue weighted by Crippen LogP contribution is 2.25. The second-order valence-corrected chi connectivity index (χ2v) is 5.10. The Morgan fingerprint density at radius 3 is 3.05 bits per heavy atom. The molecular formula is C15H22N2O3. The maximum Gasteiger partial charge on any atom is 0.321 e. The number of likely N-dealkylation sites (tertiary alicyclic amines) is 1. The van der Waals surface area contributed by atoms with E-state index in [2.05, 4.69) is 5.32 Å². The fraction of sp³-hybridized carbons (Fsp3) is 0.533. The number of aliphatic hydroxyl groups is 1. The molecule has 1 aromatic carbocycles. The number of amides is 2. The number of para-hydroxylation sites is 2. The molecule has 110 valence electrons. The Bertz CT molecular complexity index is 448. The van der Waals surface area contributed by atoms with Crippen molar-refractivity contribution in [2.24, 2.45) is 5.92 Å². The van der Waals surface area contributed by atoms with Crippen LogP contribution in [0, 0.1) is 5.92 Å². The van der Waals surface area contributed by atoms with Crippen LogP contribution in [-0.2, 0) is 0 Å². The summed E-state index contributed by atoms with van der Waals surface area (Å²) in [5.41, 5.74) is 0.685. The van der Waals surface area contributed by atoms with Crippen molar-refractivity contribution < 1.29 is 14.6 Å². The predicted molar refractivity (Wildman–Crippen MR) is 78.0 cm³/mol. The van der Waals surface area contributed by atoms with Gasteiger partial charge in [0.2, 0.25) is 0 Å². The molecule has 1 unspecified atom stereocenters. The molecule has 5 heteroatoms. The summed E-state index contributed by atoms with van der Waals surface area (Å²) in [6.45, 7) is 1.66. The van der Waals surface area contributed by atoms with Crippen molar-refractivity contribution in [1.29, 1.82) is 0 Å². The van der Waals surface area contributed by atoms with E-state index in [-0.39, 0.29) is 12.6 Å². The number of hydrogen-bond donors (Lipinski definition) is 2. The van der Waals surface area contributed by atoms with E-state index < -0.39 is 0 Å². The van der Waals surface area contributed by atoms with Crippen LogP contribution >= 0.6 is 0 Å². The first kappa shape index (κ1) is 14.7. The van der Waals surface area contributed by atoms with Crippen LogP contribution in [0.1, 0.15) is 19.3 Å². The molecule has 2 rings (SSSR count). The van der Waals surface area contributed by atoms with Gasteiger partial charge in [-0.2, -0.15) is 0 Å². The minimum atomic E-state index is -0.0999. The number of ether oxygens (including phenoxy) is 1. The third-order valence-corrected chi connectivity index (χ3v) is 3.69. The van der Waals surface area contributed by atoms with Crippen molar-refractivity contribution in [2.45, 2.75) is 19.3 Å². The van der Waals surface area contributed by atoms with Gasteiger partial charge in [-0.15, -0.1) is 0 Å². The molecule has 1 aliphatic heterocycles. The number of aliphatic hydroxyl groups excluding tert-OH is 1. The SMILES string of the molecule is COc1ccccc1NC(=O)N1CCCC(CCO)C1. The topological polar surface area (TPSA) is 61.8 Å². The molecule has 1 fully saturated rings. The first-order valence-electron chi connectivity index (χ1n) is 7.04. The van der Waals surface area contributed by atoms with Crippen molar-refractivity contribution >= 4 is 11.7 Å². The zero-order chi connectivity index (χ0) is 14.4. The lowest BCUT2D eigenvalue weighted by atomic mass is 9.95. The smallest absolute Gasteiger partial charge is 0.321 e. The minimum absolute atomic E-state index is 0.0999. The molecule has 20 heavy (non-hydrogen) atoms. The van der Waals surface area contributed by atoms with E-state index in [1.54, 1.807) is 7.11 Å². The van der Waals surface area contributed by atoms with Gasteiger partial charge in [0.15, 0.2) is 0 Å². The van der Waals surface area contributed by atoms with Gasteiger partial charge in [0.1, 0.15) is 5.75 Å². The number of nitrogens with one attached hydrogen (secondary N) is 1. The third kappa shape index (κ3) is 3.63. The van der Waals surface area contributed by atoms with Gasteiger partial charge in [0.05, 0.1) is 12.8 Å². The lowest BCUT2D eigenvalue weighted by Gasteiger charge is -2.32. The molecule has 1 aliphatic rings. The maximum absolute atomic E-state index is 12.3. The van der Waals surface area contributed by atoms with Gasteiger partial charge in [-0.25, -0.2) is 4.79 Å². The van der Waals surface area contributed by atoms with Gasteiger partial charge in [-0.1, -0.05) is 12.1 Å². The van der Waals surface area contributed by atoms with Crippen molar-refractivity contribution in [1.82, 2.24) is 4.90 Å². The Morgan fingerprint density at radius 1 is 1.50 bits per heavy atom. The van der Waals surface area contributed by atoms with E-state index in [1.807, 2.05) is 29.2 Å². The molecule has 0 saturated carbocycles. The quantitative estimate of drug-likeness (QED) is 0.888. The van der Waals surface area contributed by atoms with Gasteiger partial charge in [-0.3, -0.25) is 0 Å². The summed E-state index contributed by atoms with van der Waals surface area (Å²) in [4.78, 5) is 14.1. The molecule has 1 atom stereocenters. The van der Waals surface area contributed by atoms with Crippen LogP contribution in [0.25, 0.3) is 0 Å². The Morgan fingerprint density at radius 2 is 2.30 bits per heavy atom. The molecule has 2 amide bonds. The number of hydrogen-bond acceptors (Lipinski definition) is 3. The van der Waals surface area contributed by atoms with Crippen LogP contribution < -0.4 is 10.1 Å². The number of rotatable bonds is 4. The fourth-order valence-corrected chi connectivity index (χ4v) is 2.61. The Hall–Kier alpha value is -1.75. The largest absolute Gasteiger partial charge is 0.495 e. The summed E-state index contributed by atoms with van der Waals surface area (Å²) in [5, 5.41) is 11.9. The highest BCUT2D eigenvalue weighted by molar-refractivity contribution is 5.91. The molecule has 0 bridgehead atoms. The highest BCUT2D eigenvalue weighted by Gasteiger charge is 2.23. The molecule has 0 radical (unpaired) electrons. The summed E-state index contributed by atoms with van der Waals surface area (Å²) in [6.07, 6.45) is 2.83. The molecule has 1 saturated heterocycles. The third-order valence-electron chi connectivity index (χ3n) is 3.69. The monoisotopic (exact) mass is 278 g/mol.